The number of hydrogen-bond acceptors (Lipinski definition) is 6. The van der Waals surface area contributed by atoms with E-state index >= 15 is 0 Å². The second kappa shape index (κ2) is 12.9. The summed E-state index contributed by atoms with van der Waals surface area (Å²) in [6, 6.07) is 21.1. The maximum atomic E-state index is 13.5. The molecule has 9 nitrogen and oxygen atoms in total. The summed E-state index contributed by atoms with van der Waals surface area (Å²) in [5.74, 6) is -0.0237. The van der Waals surface area contributed by atoms with Crippen LogP contribution >= 0.6 is 11.6 Å². The van der Waals surface area contributed by atoms with Gasteiger partial charge < -0.3 is 24.8 Å². The molecule has 3 amide bonds. The van der Waals surface area contributed by atoms with Crippen LogP contribution in [0.5, 0.6) is 11.5 Å². The van der Waals surface area contributed by atoms with Gasteiger partial charge in [-0.05, 0) is 42.0 Å². The van der Waals surface area contributed by atoms with E-state index in [1.165, 1.54) is 21.9 Å². The number of carbonyl (C=O) groups is 3. The number of anilines is 1. The Bertz CT molecular complexity index is 1290. The predicted octanol–water partition coefficient (Wildman–Crippen LogP) is 2.90. The number of fused-ring (bicyclic) bond motifs is 1. The highest BCUT2D eigenvalue weighted by molar-refractivity contribution is 6.34. The first-order chi connectivity index (χ1) is 18.5. The van der Waals surface area contributed by atoms with Gasteiger partial charge in [-0.2, -0.15) is 0 Å². The Hall–Kier alpha value is -4.08. The summed E-state index contributed by atoms with van der Waals surface area (Å²) in [4.78, 5) is 42.1. The van der Waals surface area contributed by atoms with Crippen LogP contribution < -0.4 is 19.7 Å². The summed E-state index contributed by atoms with van der Waals surface area (Å²) >= 11 is 6.38. The molecule has 3 aromatic rings. The van der Waals surface area contributed by atoms with Crippen LogP contribution in [-0.4, -0.2) is 67.2 Å². The average molecular weight is 538 g/mol. The number of hydrogen-bond donors (Lipinski definition) is 2. The zero-order valence-electron chi connectivity index (χ0n) is 20.6. The second-order valence-electron chi connectivity index (χ2n) is 8.49. The molecule has 198 valence electrons. The van der Waals surface area contributed by atoms with Crippen LogP contribution in [0.25, 0.3) is 0 Å². The molecule has 2 N–H and O–H groups in total. The van der Waals surface area contributed by atoms with Crippen LogP contribution in [0, 0.1) is 0 Å². The number of benzene rings is 3. The van der Waals surface area contributed by atoms with Gasteiger partial charge in [0.15, 0.2) is 0 Å². The van der Waals surface area contributed by atoms with Crippen LogP contribution in [0.2, 0.25) is 5.02 Å². The molecule has 0 radical (unpaired) electrons. The SMILES string of the molecule is O=C(CN1Cc2ccccc2N(C(=O)c2ccc(OCCO)cc2Cl)CC1=O)NCCOc1ccccc1. The molecule has 0 saturated carbocycles. The van der Waals surface area contributed by atoms with Crippen LogP contribution in [0.4, 0.5) is 5.69 Å². The summed E-state index contributed by atoms with van der Waals surface area (Å²) in [6.45, 7) is 0.292. The highest BCUT2D eigenvalue weighted by Crippen LogP contribution is 2.30. The van der Waals surface area contributed by atoms with Crippen molar-refractivity contribution in [2.24, 2.45) is 0 Å². The molecule has 0 saturated heterocycles. The molecule has 0 aromatic heterocycles. The monoisotopic (exact) mass is 537 g/mol. The molecule has 38 heavy (non-hydrogen) atoms. The maximum absolute atomic E-state index is 13.5. The smallest absolute Gasteiger partial charge is 0.260 e. The van der Waals surface area contributed by atoms with Crippen LogP contribution in [-0.2, 0) is 16.1 Å². The van der Waals surface area contributed by atoms with Crippen LogP contribution in [0.1, 0.15) is 15.9 Å². The number of halogens is 1. The molecule has 10 heteroatoms. The number of carbonyl (C=O) groups excluding carboxylic acids is 3. The lowest BCUT2D eigenvalue weighted by Gasteiger charge is -2.23. The zero-order valence-corrected chi connectivity index (χ0v) is 21.4. The minimum Gasteiger partial charge on any atom is -0.492 e. The van der Waals surface area contributed by atoms with Gasteiger partial charge in [0, 0.05) is 12.2 Å². The van der Waals surface area contributed by atoms with E-state index in [1.807, 2.05) is 42.5 Å². The summed E-state index contributed by atoms with van der Waals surface area (Å²) < 4.78 is 10.9. The molecule has 4 rings (SSSR count). The van der Waals surface area contributed by atoms with E-state index < -0.39 is 5.91 Å². The van der Waals surface area contributed by atoms with Gasteiger partial charge in [0.2, 0.25) is 11.8 Å². The number of nitrogens with one attached hydrogen (secondary N) is 1. The molecule has 1 heterocycles. The maximum Gasteiger partial charge on any atom is 0.260 e. The first kappa shape index (κ1) is 27.0. The zero-order chi connectivity index (χ0) is 26.9. The number of amides is 3. The first-order valence-corrected chi connectivity index (χ1v) is 12.5. The third-order valence-electron chi connectivity index (χ3n) is 5.84. The average Bonchev–Trinajstić information content (AvgIpc) is 3.06. The van der Waals surface area contributed by atoms with Crippen molar-refractivity contribution in [3.8, 4) is 11.5 Å². The number of ether oxygens (including phenoxy) is 2. The second-order valence-corrected chi connectivity index (χ2v) is 8.90. The van der Waals surface area contributed by atoms with Gasteiger partial charge in [-0.1, -0.05) is 48.0 Å². The van der Waals surface area contributed by atoms with Gasteiger partial charge >= 0.3 is 0 Å². The molecule has 1 aliphatic heterocycles. The molecule has 0 spiro atoms. The fraction of sp³-hybridized carbons (Fsp3) is 0.250. The standard InChI is InChI=1S/C28H28ClN3O6/c29-24-16-22(38-15-13-33)10-11-23(24)28(36)32-19-27(35)31(17-20-6-4-5-9-25(20)32)18-26(34)30-12-14-37-21-7-2-1-3-8-21/h1-11,16,33H,12-15,17-19H2,(H,30,34). The number of para-hydroxylation sites is 2. The Kier molecular flexibility index (Phi) is 9.18. The van der Waals surface area contributed by atoms with E-state index in [0.717, 1.165) is 5.56 Å². The van der Waals surface area contributed by atoms with Gasteiger partial charge in [-0.25, -0.2) is 0 Å². The Labute approximate surface area is 225 Å². The largest absolute Gasteiger partial charge is 0.492 e. The van der Waals surface area contributed by atoms with E-state index in [1.54, 1.807) is 18.2 Å². The summed E-state index contributed by atoms with van der Waals surface area (Å²) in [5, 5.41) is 11.9. The van der Waals surface area contributed by atoms with E-state index in [-0.39, 0.29) is 61.8 Å². The van der Waals surface area contributed by atoms with Crippen molar-refractivity contribution in [1.82, 2.24) is 10.2 Å². The minimum absolute atomic E-state index is 0.0983. The predicted molar refractivity (Wildman–Crippen MR) is 143 cm³/mol. The fourth-order valence-corrected chi connectivity index (χ4v) is 4.27. The Morgan fingerprint density at radius 3 is 2.42 bits per heavy atom. The van der Waals surface area contributed by atoms with Crippen molar-refractivity contribution in [2.45, 2.75) is 6.54 Å². The van der Waals surface area contributed by atoms with Crippen molar-refractivity contribution in [3.63, 3.8) is 0 Å². The molecule has 0 unspecified atom stereocenters. The highest BCUT2D eigenvalue weighted by Gasteiger charge is 2.31. The molecule has 3 aromatic carbocycles. The summed E-state index contributed by atoms with van der Waals surface area (Å²) in [7, 11) is 0. The molecule has 0 fully saturated rings. The van der Waals surface area contributed by atoms with Gasteiger partial charge in [-0.3, -0.25) is 19.3 Å². The van der Waals surface area contributed by atoms with Crippen molar-refractivity contribution in [1.29, 1.82) is 0 Å². The number of aliphatic hydroxyl groups excluding tert-OH is 1. The number of rotatable bonds is 10. The lowest BCUT2D eigenvalue weighted by Crippen LogP contribution is -2.44. The van der Waals surface area contributed by atoms with Crippen molar-refractivity contribution >= 4 is 35.0 Å². The normalized spacial score (nSPS) is 12.9. The van der Waals surface area contributed by atoms with Gasteiger partial charge in [-0.15, -0.1) is 0 Å². The minimum atomic E-state index is -0.450. The Morgan fingerprint density at radius 1 is 0.921 bits per heavy atom. The Balaban J connectivity index is 1.42. The van der Waals surface area contributed by atoms with Crippen molar-refractivity contribution in [2.75, 3.05) is 44.4 Å². The van der Waals surface area contributed by atoms with E-state index in [9.17, 15) is 14.4 Å². The van der Waals surface area contributed by atoms with Crippen molar-refractivity contribution in [3.05, 3.63) is 88.9 Å². The van der Waals surface area contributed by atoms with Crippen LogP contribution in [0.3, 0.4) is 0 Å². The van der Waals surface area contributed by atoms with Crippen LogP contribution in [0.15, 0.2) is 72.8 Å². The number of nitrogens with zero attached hydrogens (tertiary/aromatic N) is 2. The molecular formula is C28H28ClN3O6. The quantitative estimate of drug-likeness (QED) is 0.385. The third kappa shape index (κ3) is 6.81. The number of aliphatic hydroxyl groups is 1. The van der Waals surface area contributed by atoms with Crippen molar-refractivity contribution < 1.29 is 29.0 Å². The van der Waals surface area contributed by atoms with Gasteiger partial charge in [0.1, 0.15) is 31.3 Å². The molecule has 0 atom stereocenters. The molecule has 1 aliphatic rings. The lowest BCUT2D eigenvalue weighted by molar-refractivity contribution is -0.135. The lowest BCUT2D eigenvalue weighted by atomic mass is 10.1. The van der Waals surface area contributed by atoms with Gasteiger partial charge in [0.05, 0.1) is 30.3 Å². The Morgan fingerprint density at radius 2 is 1.66 bits per heavy atom. The molecule has 0 aliphatic carbocycles. The van der Waals surface area contributed by atoms with Gasteiger partial charge in [0.25, 0.3) is 5.91 Å². The van der Waals surface area contributed by atoms with E-state index in [0.29, 0.717) is 23.8 Å². The summed E-state index contributed by atoms with van der Waals surface area (Å²) in [6.07, 6.45) is 0. The van der Waals surface area contributed by atoms with E-state index in [2.05, 4.69) is 5.32 Å². The third-order valence-corrected chi connectivity index (χ3v) is 6.15. The molecular weight excluding hydrogens is 510 g/mol. The topological polar surface area (TPSA) is 108 Å². The fourth-order valence-electron chi connectivity index (χ4n) is 4.02. The highest BCUT2D eigenvalue weighted by atomic mass is 35.5. The first-order valence-electron chi connectivity index (χ1n) is 12.1. The molecule has 0 bridgehead atoms. The summed E-state index contributed by atoms with van der Waals surface area (Å²) in [5.41, 5.74) is 1.50. The van der Waals surface area contributed by atoms with E-state index in [4.69, 9.17) is 26.2 Å².